The van der Waals surface area contributed by atoms with Crippen molar-refractivity contribution in [2.45, 2.75) is 65.5 Å². The summed E-state index contributed by atoms with van der Waals surface area (Å²) >= 11 is 0. The molecule has 1 rings (SSSR count). The Labute approximate surface area is 110 Å². The number of hydrogen-bond donors (Lipinski definition) is 1. The van der Waals surface area contributed by atoms with Gasteiger partial charge in [-0.15, -0.1) is 0 Å². The van der Waals surface area contributed by atoms with Crippen LogP contribution in [0.5, 0.6) is 0 Å². The van der Waals surface area contributed by atoms with Gasteiger partial charge in [-0.2, -0.15) is 0 Å². The SMILES string of the molecule is Cc1n[c]cn1CCCCCCC(=O)NC(C)C. The molecule has 101 valence electrons. The second-order valence-electron chi connectivity index (χ2n) is 5.00. The minimum atomic E-state index is 0.171. The summed E-state index contributed by atoms with van der Waals surface area (Å²) in [4.78, 5) is 15.5. The van der Waals surface area contributed by atoms with Crippen LogP contribution in [-0.4, -0.2) is 21.5 Å². The van der Waals surface area contributed by atoms with E-state index < -0.39 is 0 Å². The smallest absolute Gasteiger partial charge is 0.220 e. The van der Waals surface area contributed by atoms with Gasteiger partial charge in [0.05, 0.1) is 0 Å². The minimum absolute atomic E-state index is 0.171. The molecule has 1 N–H and O–H groups in total. The highest BCUT2D eigenvalue weighted by atomic mass is 16.1. The molecular formula is C14H24N3O. The van der Waals surface area contributed by atoms with E-state index in [0.29, 0.717) is 6.42 Å². The van der Waals surface area contributed by atoms with Gasteiger partial charge in [0.2, 0.25) is 5.91 Å². The number of imidazole rings is 1. The maximum Gasteiger partial charge on any atom is 0.220 e. The highest BCUT2D eigenvalue weighted by molar-refractivity contribution is 5.76. The Hall–Kier alpha value is -1.32. The van der Waals surface area contributed by atoms with Crippen LogP contribution in [0.15, 0.2) is 6.20 Å². The van der Waals surface area contributed by atoms with Crippen LogP contribution in [-0.2, 0) is 11.3 Å². The fourth-order valence-corrected chi connectivity index (χ4v) is 1.89. The molecular weight excluding hydrogens is 226 g/mol. The topological polar surface area (TPSA) is 46.9 Å². The zero-order valence-electron chi connectivity index (χ0n) is 11.7. The fourth-order valence-electron chi connectivity index (χ4n) is 1.89. The zero-order chi connectivity index (χ0) is 13.4. The number of rotatable bonds is 8. The van der Waals surface area contributed by atoms with E-state index in [1.165, 1.54) is 0 Å². The normalized spacial score (nSPS) is 10.9. The quantitative estimate of drug-likeness (QED) is 0.720. The van der Waals surface area contributed by atoms with E-state index in [-0.39, 0.29) is 11.9 Å². The number of amides is 1. The van der Waals surface area contributed by atoms with Crippen molar-refractivity contribution in [3.8, 4) is 0 Å². The lowest BCUT2D eigenvalue weighted by Crippen LogP contribution is -2.29. The number of aryl methyl sites for hydroxylation is 2. The average molecular weight is 250 g/mol. The molecule has 0 fully saturated rings. The molecule has 1 radical (unpaired) electrons. The third-order valence-corrected chi connectivity index (χ3v) is 2.86. The molecule has 4 nitrogen and oxygen atoms in total. The maximum atomic E-state index is 11.4. The monoisotopic (exact) mass is 250 g/mol. The predicted molar refractivity (Wildman–Crippen MR) is 72.2 cm³/mol. The van der Waals surface area contributed by atoms with Gasteiger partial charge >= 0.3 is 0 Å². The van der Waals surface area contributed by atoms with Gasteiger partial charge in [0, 0.05) is 25.2 Å². The molecule has 1 heterocycles. The summed E-state index contributed by atoms with van der Waals surface area (Å²) < 4.78 is 2.12. The van der Waals surface area contributed by atoms with Crippen LogP contribution in [0.4, 0.5) is 0 Å². The van der Waals surface area contributed by atoms with Crippen molar-refractivity contribution >= 4 is 5.91 Å². The molecule has 0 aliphatic carbocycles. The van der Waals surface area contributed by atoms with E-state index in [9.17, 15) is 4.79 Å². The Kier molecular flexibility index (Phi) is 6.47. The molecule has 0 spiro atoms. The Bertz CT molecular complexity index is 358. The van der Waals surface area contributed by atoms with Crippen molar-refractivity contribution < 1.29 is 4.79 Å². The van der Waals surface area contributed by atoms with Gasteiger partial charge in [-0.25, -0.2) is 4.98 Å². The van der Waals surface area contributed by atoms with E-state index in [4.69, 9.17) is 0 Å². The molecule has 1 aromatic heterocycles. The lowest BCUT2D eigenvalue weighted by Gasteiger charge is -2.08. The number of carbonyl (C=O) groups excluding carboxylic acids is 1. The van der Waals surface area contributed by atoms with E-state index in [1.54, 1.807) is 0 Å². The highest BCUT2D eigenvalue weighted by Gasteiger charge is 2.02. The van der Waals surface area contributed by atoms with Crippen molar-refractivity contribution in [1.82, 2.24) is 14.9 Å². The van der Waals surface area contributed by atoms with Gasteiger partial charge in [0.1, 0.15) is 12.0 Å². The second kappa shape index (κ2) is 7.90. The molecule has 1 aromatic rings. The van der Waals surface area contributed by atoms with Gasteiger partial charge < -0.3 is 9.88 Å². The first kappa shape index (κ1) is 14.7. The van der Waals surface area contributed by atoms with Gasteiger partial charge in [0.15, 0.2) is 0 Å². The van der Waals surface area contributed by atoms with Crippen molar-refractivity contribution in [2.24, 2.45) is 0 Å². The number of nitrogens with one attached hydrogen (secondary N) is 1. The molecule has 0 saturated heterocycles. The summed E-state index contributed by atoms with van der Waals surface area (Å²) in [5, 5.41) is 2.91. The van der Waals surface area contributed by atoms with E-state index >= 15 is 0 Å². The standard InChI is InChI=1S/C14H24N3O/c1-12(2)16-14(18)8-6-4-5-7-10-17-11-9-15-13(17)3/h11-12H,4-8,10H2,1-3H3,(H,16,18). The Morgan fingerprint density at radius 2 is 2.11 bits per heavy atom. The lowest BCUT2D eigenvalue weighted by atomic mass is 10.1. The van der Waals surface area contributed by atoms with Gasteiger partial charge in [-0.3, -0.25) is 4.79 Å². The molecule has 0 bridgehead atoms. The van der Waals surface area contributed by atoms with Crippen LogP contribution in [0.1, 0.15) is 51.8 Å². The molecule has 0 aromatic carbocycles. The number of nitrogens with zero attached hydrogens (tertiary/aromatic N) is 2. The molecule has 0 saturated carbocycles. The van der Waals surface area contributed by atoms with Crippen molar-refractivity contribution in [1.29, 1.82) is 0 Å². The zero-order valence-corrected chi connectivity index (χ0v) is 11.7. The van der Waals surface area contributed by atoms with Crippen LogP contribution in [0.2, 0.25) is 0 Å². The first-order chi connectivity index (χ1) is 8.59. The Balaban J connectivity index is 1.99. The fraction of sp³-hybridized carbons (Fsp3) is 0.714. The van der Waals surface area contributed by atoms with E-state index in [2.05, 4.69) is 21.1 Å². The third kappa shape index (κ3) is 5.84. The summed E-state index contributed by atoms with van der Waals surface area (Å²) in [7, 11) is 0. The van der Waals surface area contributed by atoms with Crippen LogP contribution in [0, 0.1) is 13.1 Å². The van der Waals surface area contributed by atoms with Gasteiger partial charge in [-0.1, -0.05) is 12.8 Å². The largest absolute Gasteiger partial charge is 0.354 e. The van der Waals surface area contributed by atoms with E-state index in [1.807, 2.05) is 27.0 Å². The predicted octanol–water partition coefficient (Wildman–Crippen LogP) is 2.47. The minimum Gasteiger partial charge on any atom is -0.354 e. The average Bonchev–Trinajstić information content (AvgIpc) is 2.68. The number of carbonyl (C=O) groups is 1. The lowest BCUT2D eigenvalue weighted by molar-refractivity contribution is -0.121. The molecule has 0 unspecified atom stereocenters. The summed E-state index contributed by atoms with van der Waals surface area (Å²) in [6, 6.07) is 0.248. The van der Waals surface area contributed by atoms with Crippen molar-refractivity contribution in [3.63, 3.8) is 0 Å². The van der Waals surface area contributed by atoms with E-state index in [0.717, 1.165) is 38.1 Å². The van der Waals surface area contributed by atoms with Crippen LogP contribution >= 0.6 is 0 Å². The van der Waals surface area contributed by atoms with Crippen LogP contribution in [0.25, 0.3) is 0 Å². The number of aromatic nitrogens is 2. The highest BCUT2D eigenvalue weighted by Crippen LogP contribution is 2.06. The Morgan fingerprint density at radius 3 is 2.72 bits per heavy atom. The molecule has 0 aliphatic heterocycles. The summed E-state index contributed by atoms with van der Waals surface area (Å²) in [6.07, 6.45) is 9.78. The van der Waals surface area contributed by atoms with Crippen molar-refractivity contribution in [3.05, 3.63) is 18.2 Å². The summed E-state index contributed by atoms with van der Waals surface area (Å²) in [5.41, 5.74) is 0. The molecule has 1 amide bonds. The molecule has 0 aliphatic rings. The van der Waals surface area contributed by atoms with Gasteiger partial charge in [0.25, 0.3) is 0 Å². The number of unbranched alkanes of at least 4 members (excludes halogenated alkanes) is 3. The first-order valence-electron chi connectivity index (χ1n) is 6.78. The van der Waals surface area contributed by atoms with Crippen LogP contribution < -0.4 is 5.32 Å². The third-order valence-electron chi connectivity index (χ3n) is 2.86. The summed E-state index contributed by atoms with van der Waals surface area (Å²) in [5.74, 6) is 1.19. The molecule has 4 heteroatoms. The maximum absolute atomic E-state index is 11.4. The molecule has 18 heavy (non-hydrogen) atoms. The van der Waals surface area contributed by atoms with Gasteiger partial charge in [-0.05, 0) is 33.6 Å². The van der Waals surface area contributed by atoms with Crippen molar-refractivity contribution in [2.75, 3.05) is 0 Å². The summed E-state index contributed by atoms with van der Waals surface area (Å²) in [6.45, 7) is 6.97. The Morgan fingerprint density at radius 1 is 1.39 bits per heavy atom. The molecule has 0 atom stereocenters. The first-order valence-corrected chi connectivity index (χ1v) is 6.78. The second-order valence-corrected chi connectivity index (χ2v) is 5.00. The van der Waals surface area contributed by atoms with Crippen LogP contribution in [0.3, 0.4) is 0 Å². The number of hydrogen-bond acceptors (Lipinski definition) is 2.